The molecule has 0 radical (unpaired) electrons. The normalized spacial score (nSPS) is 10.9. The molecule has 0 bridgehead atoms. The Balaban J connectivity index is 0. The SMILES string of the molecule is CCN=C(N)SCCOC.Cl. The summed E-state index contributed by atoms with van der Waals surface area (Å²) in [7, 11) is 1.67. The average molecular weight is 199 g/mol. The van der Waals surface area contributed by atoms with Crippen molar-refractivity contribution in [2.75, 3.05) is 26.0 Å². The molecule has 0 aliphatic carbocycles. The lowest BCUT2D eigenvalue weighted by atomic mass is 10.8. The number of methoxy groups -OCH3 is 1. The van der Waals surface area contributed by atoms with Gasteiger partial charge in [0.05, 0.1) is 6.61 Å². The topological polar surface area (TPSA) is 47.6 Å². The molecule has 0 unspecified atom stereocenters. The van der Waals surface area contributed by atoms with Gasteiger partial charge in [-0.15, -0.1) is 12.4 Å². The summed E-state index contributed by atoms with van der Waals surface area (Å²) in [6.07, 6.45) is 0. The fraction of sp³-hybridized carbons (Fsp3) is 0.833. The second kappa shape index (κ2) is 10.1. The van der Waals surface area contributed by atoms with E-state index in [0.717, 1.165) is 18.9 Å². The predicted octanol–water partition coefficient (Wildman–Crippen LogP) is 1.12. The Bertz CT molecular complexity index is 111. The van der Waals surface area contributed by atoms with E-state index in [2.05, 4.69) is 4.99 Å². The standard InChI is InChI=1S/C6H14N2OS.ClH/c1-3-8-6(7)10-5-4-9-2;/h3-5H2,1-2H3,(H2,7,8);1H. The number of rotatable bonds is 4. The van der Waals surface area contributed by atoms with Gasteiger partial charge in [-0.2, -0.15) is 0 Å². The maximum atomic E-state index is 5.48. The molecule has 68 valence electrons. The van der Waals surface area contributed by atoms with Gasteiger partial charge in [0, 0.05) is 19.4 Å². The summed E-state index contributed by atoms with van der Waals surface area (Å²) in [5.41, 5.74) is 5.48. The second-order valence-electron chi connectivity index (χ2n) is 1.65. The number of nitrogens with two attached hydrogens (primary N) is 1. The van der Waals surface area contributed by atoms with E-state index in [1.54, 1.807) is 7.11 Å². The van der Waals surface area contributed by atoms with Crippen LogP contribution in [0.2, 0.25) is 0 Å². The molecule has 0 saturated heterocycles. The van der Waals surface area contributed by atoms with Gasteiger partial charge in [0.2, 0.25) is 0 Å². The van der Waals surface area contributed by atoms with Crippen molar-refractivity contribution < 1.29 is 4.74 Å². The Labute approximate surface area is 78.2 Å². The van der Waals surface area contributed by atoms with Gasteiger partial charge >= 0.3 is 0 Å². The molecule has 0 aromatic carbocycles. The first kappa shape index (κ1) is 13.6. The van der Waals surface area contributed by atoms with E-state index < -0.39 is 0 Å². The van der Waals surface area contributed by atoms with E-state index >= 15 is 0 Å². The molecule has 2 N–H and O–H groups in total. The van der Waals surface area contributed by atoms with E-state index in [-0.39, 0.29) is 12.4 Å². The van der Waals surface area contributed by atoms with Crippen LogP contribution >= 0.6 is 24.2 Å². The van der Waals surface area contributed by atoms with Crippen LogP contribution in [0.4, 0.5) is 0 Å². The highest BCUT2D eigenvalue weighted by molar-refractivity contribution is 8.13. The van der Waals surface area contributed by atoms with Crippen LogP contribution in [0.25, 0.3) is 0 Å². The molecule has 0 amide bonds. The third kappa shape index (κ3) is 10.1. The molecule has 0 aliphatic rings. The molecule has 0 heterocycles. The maximum absolute atomic E-state index is 5.48. The molecule has 11 heavy (non-hydrogen) atoms. The fourth-order valence-electron chi connectivity index (χ4n) is 0.431. The zero-order valence-corrected chi connectivity index (χ0v) is 8.50. The van der Waals surface area contributed by atoms with Crippen molar-refractivity contribution in [3.63, 3.8) is 0 Å². The minimum atomic E-state index is 0. The first-order chi connectivity index (χ1) is 4.81. The molecule has 0 aliphatic heterocycles. The fourth-order valence-corrected chi connectivity index (χ4v) is 1.11. The summed E-state index contributed by atoms with van der Waals surface area (Å²) in [6, 6.07) is 0. The molecule has 0 aromatic rings. The molecular formula is C6H15ClN2OS. The molecular weight excluding hydrogens is 184 g/mol. The highest BCUT2D eigenvalue weighted by atomic mass is 35.5. The van der Waals surface area contributed by atoms with Crippen molar-refractivity contribution in [2.24, 2.45) is 10.7 Å². The Hall–Kier alpha value is 0.0700. The molecule has 5 heteroatoms. The smallest absolute Gasteiger partial charge is 0.153 e. The summed E-state index contributed by atoms with van der Waals surface area (Å²) >= 11 is 1.53. The number of aliphatic imine (C=N–C) groups is 1. The minimum Gasteiger partial charge on any atom is -0.384 e. The number of hydrogen-bond acceptors (Lipinski definition) is 3. The van der Waals surface area contributed by atoms with E-state index in [0.29, 0.717) is 5.17 Å². The number of nitrogens with zero attached hydrogens (tertiary/aromatic N) is 1. The summed E-state index contributed by atoms with van der Waals surface area (Å²) in [5, 5.41) is 0.652. The largest absolute Gasteiger partial charge is 0.384 e. The van der Waals surface area contributed by atoms with Gasteiger partial charge in [-0.25, -0.2) is 0 Å². The number of hydrogen-bond donors (Lipinski definition) is 1. The number of ether oxygens (including phenoxy) is 1. The predicted molar refractivity (Wildman–Crippen MR) is 53.7 cm³/mol. The monoisotopic (exact) mass is 198 g/mol. The van der Waals surface area contributed by atoms with Crippen molar-refractivity contribution in [3.05, 3.63) is 0 Å². The van der Waals surface area contributed by atoms with Crippen LogP contribution in [0.15, 0.2) is 4.99 Å². The van der Waals surface area contributed by atoms with Crippen LogP contribution in [0.3, 0.4) is 0 Å². The summed E-state index contributed by atoms with van der Waals surface area (Å²) < 4.78 is 4.84. The quantitative estimate of drug-likeness (QED) is 0.419. The van der Waals surface area contributed by atoms with E-state index in [1.807, 2.05) is 6.92 Å². The lowest BCUT2D eigenvalue weighted by Gasteiger charge is -1.97. The Morgan fingerprint density at radius 1 is 1.64 bits per heavy atom. The first-order valence-corrected chi connectivity index (χ1v) is 4.21. The number of halogens is 1. The van der Waals surface area contributed by atoms with Crippen LogP contribution in [0, 0.1) is 0 Å². The minimum absolute atomic E-state index is 0. The molecule has 0 spiro atoms. The molecule has 3 nitrogen and oxygen atoms in total. The Morgan fingerprint density at radius 3 is 2.73 bits per heavy atom. The van der Waals surface area contributed by atoms with Crippen molar-refractivity contribution in [1.29, 1.82) is 0 Å². The first-order valence-electron chi connectivity index (χ1n) is 3.23. The van der Waals surface area contributed by atoms with Crippen LogP contribution in [-0.2, 0) is 4.74 Å². The summed E-state index contributed by atoms with van der Waals surface area (Å²) in [5.74, 6) is 0.881. The van der Waals surface area contributed by atoms with Crippen LogP contribution in [0.1, 0.15) is 6.92 Å². The lowest BCUT2D eigenvalue weighted by Crippen LogP contribution is -2.09. The zero-order chi connectivity index (χ0) is 7.82. The third-order valence-corrected chi connectivity index (χ3v) is 1.65. The Morgan fingerprint density at radius 2 is 2.27 bits per heavy atom. The average Bonchev–Trinajstić information content (AvgIpc) is 1.89. The molecule has 0 aromatic heterocycles. The van der Waals surface area contributed by atoms with Gasteiger partial charge in [0.1, 0.15) is 0 Å². The lowest BCUT2D eigenvalue weighted by molar-refractivity contribution is 0.219. The van der Waals surface area contributed by atoms with Gasteiger partial charge in [-0.05, 0) is 6.92 Å². The highest BCUT2D eigenvalue weighted by Crippen LogP contribution is 1.98. The summed E-state index contributed by atoms with van der Waals surface area (Å²) in [4.78, 5) is 4.00. The molecule has 0 atom stereocenters. The summed E-state index contributed by atoms with van der Waals surface area (Å²) in [6.45, 7) is 3.44. The number of thioether (sulfide) groups is 1. The van der Waals surface area contributed by atoms with Crippen LogP contribution in [-0.4, -0.2) is 31.2 Å². The van der Waals surface area contributed by atoms with Gasteiger partial charge in [0.15, 0.2) is 5.17 Å². The van der Waals surface area contributed by atoms with Gasteiger partial charge in [0.25, 0.3) is 0 Å². The molecule has 0 rings (SSSR count). The number of amidine groups is 1. The Kier molecular flexibility index (Phi) is 12.5. The van der Waals surface area contributed by atoms with E-state index in [4.69, 9.17) is 10.5 Å². The highest BCUT2D eigenvalue weighted by Gasteiger charge is 1.90. The van der Waals surface area contributed by atoms with E-state index in [9.17, 15) is 0 Å². The van der Waals surface area contributed by atoms with Gasteiger partial charge in [-0.1, -0.05) is 11.8 Å². The molecule has 0 fully saturated rings. The maximum Gasteiger partial charge on any atom is 0.153 e. The van der Waals surface area contributed by atoms with Crippen LogP contribution < -0.4 is 5.73 Å². The van der Waals surface area contributed by atoms with Crippen molar-refractivity contribution in [3.8, 4) is 0 Å². The van der Waals surface area contributed by atoms with E-state index in [1.165, 1.54) is 11.8 Å². The van der Waals surface area contributed by atoms with Gasteiger partial charge < -0.3 is 10.5 Å². The van der Waals surface area contributed by atoms with Crippen molar-refractivity contribution in [1.82, 2.24) is 0 Å². The van der Waals surface area contributed by atoms with Crippen LogP contribution in [0.5, 0.6) is 0 Å². The van der Waals surface area contributed by atoms with Gasteiger partial charge in [-0.3, -0.25) is 4.99 Å². The van der Waals surface area contributed by atoms with Crippen molar-refractivity contribution >= 4 is 29.3 Å². The van der Waals surface area contributed by atoms with Crippen molar-refractivity contribution in [2.45, 2.75) is 6.92 Å². The second-order valence-corrected chi connectivity index (χ2v) is 2.77. The molecule has 0 saturated carbocycles. The third-order valence-electron chi connectivity index (χ3n) is 0.851. The zero-order valence-electron chi connectivity index (χ0n) is 6.87.